The Hall–Kier alpha value is 0.449. The molecule has 1 unspecified atom stereocenters. The molecule has 0 rings (SSSR count). The largest absolute Gasteiger partial charge is 0.566 e. The van der Waals surface area contributed by atoms with Gasteiger partial charge in [0.25, 0.3) is 0 Å². The molecule has 0 spiro atoms. The van der Waals surface area contributed by atoms with Crippen molar-refractivity contribution in [2.24, 2.45) is 0 Å². The summed E-state index contributed by atoms with van der Waals surface area (Å²) in [6.07, 6.45) is 0. The van der Waals surface area contributed by atoms with Gasteiger partial charge in [-0.3, -0.25) is 4.55 Å². The SMILES string of the molecule is O=[P+]([O-])OS(=O)(=O)O.[Cu]. The molecule has 0 aliphatic rings. The zero-order valence-electron chi connectivity index (χ0n) is 3.65. The van der Waals surface area contributed by atoms with Crippen molar-refractivity contribution in [1.29, 1.82) is 0 Å². The van der Waals surface area contributed by atoms with Crippen molar-refractivity contribution in [2.75, 3.05) is 0 Å². The summed E-state index contributed by atoms with van der Waals surface area (Å²) < 4.78 is 38.5. The van der Waals surface area contributed by atoms with Gasteiger partial charge in [-0.1, -0.05) is 0 Å². The second-order valence-corrected chi connectivity index (χ2v) is 2.62. The van der Waals surface area contributed by atoms with Gasteiger partial charge in [-0.25, -0.2) is 0 Å². The van der Waals surface area contributed by atoms with Crippen molar-refractivity contribution < 1.29 is 43.5 Å². The molecule has 9 heteroatoms. The standard InChI is InChI=1S/Cu.HO6PS/c;1-7(2)6-8(3,4)5/h;(H,3,4,5). The summed E-state index contributed by atoms with van der Waals surface area (Å²) in [4.78, 5) is 9.29. The van der Waals surface area contributed by atoms with Crippen LogP contribution in [0.15, 0.2) is 0 Å². The minimum Gasteiger partial charge on any atom is -0.566 e. The van der Waals surface area contributed by atoms with E-state index in [1.807, 2.05) is 0 Å². The van der Waals surface area contributed by atoms with Crippen molar-refractivity contribution in [2.45, 2.75) is 0 Å². The molecule has 0 saturated carbocycles. The van der Waals surface area contributed by atoms with Crippen LogP contribution in [0.3, 0.4) is 0 Å². The Labute approximate surface area is 62.6 Å². The first kappa shape index (κ1) is 12.2. The van der Waals surface area contributed by atoms with Crippen LogP contribution in [0, 0.1) is 0 Å². The van der Waals surface area contributed by atoms with Gasteiger partial charge in [0.15, 0.2) is 0 Å². The van der Waals surface area contributed by atoms with Crippen LogP contribution in [0.1, 0.15) is 0 Å². The maximum absolute atomic E-state index is 9.39. The molecule has 1 atom stereocenters. The molecule has 0 aromatic heterocycles. The maximum Gasteiger partial charge on any atom is 0.507 e. The topological polar surface area (TPSA) is 104 Å². The summed E-state index contributed by atoms with van der Waals surface area (Å²) in [5.74, 6) is 0. The Morgan fingerprint density at radius 1 is 1.56 bits per heavy atom. The van der Waals surface area contributed by atoms with Gasteiger partial charge < -0.3 is 4.89 Å². The summed E-state index contributed by atoms with van der Waals surface area (Å²) in [5.41, 5.74) is 0. The molecule has 0 aromatic rings. The van der Waals surface area contributed by atoms with E-state index < -0.39 is 18.7 Å². The first-order chi connectivity index (χ1) is 3.42. The third kappa shape index (κ3) is 11.8. The zero-order chi connectivity index (χ0) is 6.78. The Morgan fingerprint density at radius 3 is 1.89 bits per heavy atom. The molecule has 0 bridgehead atoms. The van der Waals surface area contributed by atoms with Gasteiger partial charge in [0.2, 0.25) is 0 Å². The molecule has 9 heavy (non-hydrogen) atoms. The van der Waals surface area contributed by atoms with E-state index >= 15 is 0 Å². The predicted octanol–water partition coefficient (Wildman–Crippen LogP) is -1.18. The quantitative estimate of drug-likeness (QED) is 0.359. The monoisotopic (exact) mass is 223 g/mol. The molecular formula is HCuO6PS. The van der Waals surface area contributed by atoms with E-state index in [2.05, 4.69) is 3.97 Å². The molecule has 0 heterocycles. The van der Waals surface area contributed by atoms with Gasteiger partial charge in [0, 0.05) is 21.0 Å². The van der Waals surface area contributed by atoms with Crippen molar-refractivity contribution >= 4 is 18.7 Å². The first-order valence-corrected chi connectivity index (χ1v) is 3.69. The minimum absolute atomic E-state index is 0. The van der Waals surface area contributed by atoms with Crippen molar-refractivity contribution in [3.05, 3.63) is 0 Å². The number of hydrogen-bond donors (Lipinski definition) is 1. The van der Waals surface area contributed by atoms with E-state index in [-0.39, 0.29) is 17.1 Å². The van der Waals surface area contributed by atoms with Crippen molar-refractivity contribution in [3.63, 3.8) is 0 Å². The van der Waals surface area contributed by atoms with E-state index in [0.29, 0.717) is 0 Å². The predicted molar refractivity (Wildman–Crippen MR) is 20.2 cm³/mol. The van der Waals surface area contributed by atoms with Crippen molar-refractivity contribution in [3.8, 4) is 0 Å². The van der Waals surface area contributed by atoms with Crippen LogP contribution in [0.25, 0.3) is 0 Å². The van der Waals surface area contributed by atoms with E-state index in [1.54, 1.807) is 0 Å². The molecule has 0 amide bonds. The smallest absolute Gasteiger partial charge is 0.507 e. The van der Waals surface area contributed by atoms with Gasteiger partial charge in [-0.15, -0.1) is 0 Å². The Kier molecular flexibility index (Phi) is 5.80. The van der Waals surface area contributed by atoms with Crippen LogP contribution in [-0.2, 0) is 36.0 Å². The van der Waals surface area contributed by atoms with Gasteiger partial charge in [-0.2, -0.15) is 8.42 Å². The Balaban J connectivity index is 0. The molecule has 0 aliphatic heterocycles. The molecule has 0 aliphatic carbocycles. The van der Waals surface area contributed by atoms with Crippen LogP contribution < -0.4 is 4.89 Å². The van der Waals surface area contributed by atoms with Crippen LogP contribution in [-0.4, -0.2) is 13.0 Å². The fraction of sp³-hybridized carbons (Fsp3) is 0. The third-order valence-electron chi connectivity index (χ3n) is 0.155. The van der Waals surface area contributed by atoms with Gasteiger partial charge in [0.05, 0.1) is 0 Å². The fourth-order valence-corrected chi connectivity index (χ4v) is 0.692. The summed E-state index contributed by atoms with van der Waals surface area (Å²) in [7, 11) is -8.35. The number of rotatable bonds is 2. The second-order valence-electron chi connectivity index (χ2n) is 0.726. The van der Waals surface area contributed by atoms with E-state index in [0.717, 1.165) is 0 Å². The van der Waals surface area contributed by atoms with Gasteiger partial charge in [0.1, 0.15) is 0 Å². The van der Waals surface area contributed by atoms with E-state index in [1.165, 1.54) is 0 Å². The van der Waals surface area contributed by atoms with Crippen LogP contribution in [0.4, 0.5) is 0 Å². The zero-order valence-corrected chi connectivity index (χ0v) is 6.30. The summed E-state index contributed by atoms with van der Waals surface area (Å²) in [5, 5.41) is 0. The van der Waals surface area contributed by atoms with Gasteiger partial charge >= 0.3 is 18.7 Å². The maximum atomic E-state index is 9.39. The molecule has 6 nitrogen and oxygen atoms in total. The normalized spacial score (nSPS) is 12.0. The molecule has 1 N–H and O–H groups in total. The average molecular weight is 224 g/mol. The molecule has 0 aromatic carbocycles. The van der Waals surface area contributed by atoms with Gasteiger partial charge in [-0.05, 0) is 4.57 Å². The minimum atomic E-state index is -4.82. The number of hydrogen-bond acceptors (Lipinski definition) is 5. The van der Waals surface area contributed by atoms with Crippen LogP contribution >= 0.6 is 8.25 Å². The van der Waals surface area contributed by atoms with Crippen LogP contribution in [0.5, 0.6) is 0 Å². The van der Waals surface area contributed by atoms with Crippen LogP contribution in [0.2, 0.25) is 0 Å². The first-order valence-electron chi connectivity index (χ1n) is 1.23. The van der Waals surface area contributed by atoms with Crippen molar-refractivity contribution in [1.82, 2.24) is 0 Å². The third-order valence-corrected chi connectivity index (χ3v) is 1.40. The molecule has 0 saturated heterocycles. The Morgan fingerprint density at radius 2 is 1.89 bits per heavy atom. The fourth-order valence-electron chi connectivity index (χ4n) is 0.0769. The molecule has 59 valence electrons. The van der Waals surface area contributed by atoms with E-state index in [4.69, 9.17) is 4.55 Å². The van der Waals surface area contributed by atoms with E-state index in [9.17, 15) is 17.9 Å². The Bertz CT molecular complexity index is 179. The molecule has 0 fully saturated rings. The summed E-state index contributed by atoms with van der Waals surface area (Å²) >= 11 is 0. The second kappa shape index (κ2) is 4.29. The average Bonchev–Trinajstić information content (AvgIpc) is 1.21. The molecule has 1 radical (unpaired) electrons. The summed E-state index contributed by atoms with van der Waals surface area (Å²) in [6, 6.07) is 0. The summed E-state index contributed by atoms with van der Waals surface area (Å²) in [6.45, 7) is 0. The molecular weight excluding hydrogens is 223 g/mol.